The average molecular weight is 306 g/mol. The van der Waals surface area contributed by atoms with Crippen molar-refractivity contribution < 1.29 is 24.2 Å². The van der Waals surface area contributed by atoms with Gasteiger partial charge in [0.15, 0.2) is 0 Å². The maximum absolute atomic E-state index is 11.7. The van der Waals surface area contributed by atoms with Gasteiger partial charge in [0.1, 0.15) is 18.3 Å². The Morgan fingerprint density at radius 3 is 2.73 bits per heavy atom. The summed E-state index contributed by atoms with van der Waals surface area (Å²) in [6.45, 7) is 11.3. The van der Waals surface area contributed by atoms with Crippen molar-refractivity contribution in [2.45, 2.75) is 51.4 Å². The van der Waals surface area contributed by atoms with Crippen molar-refractivity contribution in [1.82, 2.24) is 0 Å². The van der Waals surface area contributed by atoms with E-state index in [1.807, 2.05) is 0 Å². The van der Waals surface area contributed by atoms with Gasteiger partial charge in [0, 0.05) is 18.4 Å². The van der Waals surface area contributed by atoms with Gasteiger partial charge in [-0.05, 0) is 36.2 Å². The maximum atomic E-state index is 11.7. The molecule has 0 radical (unpaired) electrons. The third-order valence-corrected chi connectivity index (χ3v) is 5.58. The van der Waals surface area contributed by atoms with Crippen LogP contribution in [0.4, 0.5) is 0 Å². The van der Waals surface area contributed by atoms with E-state index in [4.69, 9.17) is 9.47 Å². The minimum Gasteiger partial charge on any atom is -0.459 e. The molecule has 2 saturated carbocycles. The van der Waals surface area contributed by atoms with E-state index in [0.29, 0.717) is 30.4 Å². The molecular weight excluding hydrogens is 284 g/mol. The van der Waals surface area contributed by atoms with E-state index in [0.717, 1.165) is 0 Å². The highest BCUT2D eigenvalue weighted by Gasteiger charge is 2.56. The average Bonchev–Trinajstić information content (AvgIpc) is 2.68. The lowest BCUT2D eigenvalue weighted by Gasteiger charge is -2.52. The Kier molecular flexibility index (Phi) is 3.44. The van der Waals surface area contributed by atoms with Gasteiger partial charge in [-0.25, -0.2) is 4.79 Å². The minimum atomic E-state index is -0.857. The first kappa shape index (κ1) is 15.3. The van der Waals surface area contributed by atoms with Crippen LogP contribution in [0.1, 0.15) is 33.1 Å². The van der Waals surface area contributed by atoms with Crippen molar-refractivity contribution >= 4 is 11.9 Å². The van der Waals surface area contributed by atoms with Crippen molar-refractivity contribution in [1.29, 1.82) is 0 Å². The minimum absolute atomic E-state index is 0.000185. The molecule has 3 aliphatic rings. The van der Waals surface area contributed by atoms with Crippen LogP contribution < -0.4 is 0 Å². The predicted molar refractivity (Wildman–Crippen MR) is 78.7 cm³/mol. The molecule has 0 spiro atoms. The van der Waals surface area contributed by atoms with Gasteiger partial charge < -0.3 is 14.6 Å². The highest BCUT2D eigenvalue weighted by atomic mass is 16.6. The smallest absolute Gasteiger partial charge is 0.334 e. The van der Waals surface area contributed by atoms with Crippen molar-refractivity contribution in [2.24, 2.45) is 17.3 Å². The second-order valence-corrected chi connectivity index (χ2v) is 7.09. The summed E-state index contributed by atoms with van der Waals surface area (Å²) in [5, 5.41) is 10.4. The van der Waals surface area contributed by atoms with Crippen LogP contribution in [0.25, 0.3) is 0 Å². The van der Waals surface area contributed by atoms with Crippen LogP contribution in [0.2, 0.25) is 0 Å². The third-order valence-electron chi connectivity index (χ3n) is 5.58. The number of esters is 2. The fourth-order valence-electron chi connectivity index (χ4n) is 4.45. The Labute approximate surface area is 130 Å². The first-order chi connectivity index (χ1) is 10.2. The molecule has 1 saturated heterocycles. The van der Waals surface area contributed by atoms with Crippen molar-refractivity contribution in [2.75, 3.05) is 0 Å². The second-order valence-electron chi connectivity index (χ2n) is 7.09. The molecule has 0 aromatic heterocycles. The molecule has 6 unspecified atom stereocenters. The van der Waals surface area contributed by atoms with Gasteiger partial charge in [-0.15, -0.1) is 0 Å². The Balaban J connectivity index is 1.88. The second kappa shape index (κ2) is 4.95. The topological polar surface area (TPSA) is 72.8 Å². The zero-order valence-corrected chi connectivity index (χ0v) is 13.0. The highest BCUT2D eigenvalue weighted by molar-refractivity contribution is 5.90. The Morgan fingerprint density at radius 2 is 2.09 bits per heavy atom. The summed E-state index contributed by atoms with van der Waals surface area (Å²) in [6.07, 6.45) is 0.325. The summed E-state index contributed by atoms with van der Waals surface area (Å²) < 4.78 is 10.7. The Morgan fingerprint density at radius 1 is 1.41 bits per heavy atom. The SMILES string of the molecule is C=C1C(=O)OC2CC3(C)CC(OC(C)=O)C(O)C(=C)C3CC12. The Hall–Kier alpha value is -1.62. The van der Waals surface area contributed by atoms with Crippen molar-refractivity contribution in [3.8, 4) is 0 Å². The summed E-state index contributed by atoms with van der Waals surface area (Å²) >= 11 is 0. The molecule has 3 rings (SSSR count). The molecule has 2 aliphatic carbocycles. The molecule has 0 aromatic carbocycles. The first-order valence-corrected chi connectivity index (χ1v) is 7.66. The van der Waals surface area contributed by atoms with E-state index in [2.05, 4.69) is 20.1 Å². The molecular formula is C17H22O5. The highest BCUT2D eigenvalue weighted by Crippen LogP contribution is 2.57. The number of fused-ring (bicyclic) bond motifs is 2. The first-order valence-electron chi connectivity index (χ1n) is 7.66. The zero-order chi connectivity index (χ0) is 16.2. The summed E-state index contributed by atoms with van der Waals surface area (Å²) in [5.74, 6) is -0.658. The van der Waals surface area contributed by atoms with E-state index in [1.165, 1.54) is 6.92 Å². The van der Waals surface area contributed by atoms with E-state index in [-0.39, 0.29) is 29.3 Å². The largest absolute Gasteiger partial charge is 0.459 e. The van der Waals surface area contributed by atoms with Crippen LogP contribution in [-0.2, 0) is 19.1 Å². The molecule has 1 aliphatic heterocycles. The van der Waals surface area contributed by atoms with Gasteiger partial charge in [0.2, 0.25) is 0 Å². The van der Waals surface area contributed by atoms with E-state index in [1.54, 1.807) is 0 Å². The fourth-order valence-corrected chi connectivity index (χ4v) is 4.45. The number of hydrogen-bond donors (Lipinski definition) is 1. The predicted octanol–water partition coefficient (Wildman–Crippen LogP) is 1.75. The number of ether oxygens (including phenoxy) is 2. The summed E-state index contributed by atoms with van der Waals surface area (Å²) in [4.78, 5) is 23.0. The van der Waals surface area contributed by atoms with Crippen LogP contribution in [0.5, 0.6) is 0 Å². The summed E-state index contributed by atoms with van der Waals surface area (Å²) in [5.41, 5.74) is 1.00. The normalized spacial score (nSPS) is 44.1. The van der Waals surface area contributed by atoms with Crippen LogP contribution >= 0.6 is 0 Å². The number of carbonyl (C=O) groups is 2. The van der Waals surface area contributed by atoms with Crippen LogP contribution in [0.15, 0.2) is 24.3 Å². The lowest BCUT2D eigenvalue weighted by Crippen LogP contribution is -2.52. The van der Waals surface area contributed by atoms with Gasteiger partial charge in [-0.2, -0.15) is 0 Å². The van der Waals surface area contributed by atoms with Crippen LogP contribution in [-0.4, -0.2) is 35.4 Å². The molecule has 120 valence electrons. The monoisotopic (exact) mass is 306 g/mol. The van der Waals surface area contributed by atoms with Gasteiger partial charge in [-0.1, -0.05) is 20.1 Å². The fraction of sp³-hybridized carbons (Fsp3) is 0.647. The number of aliphatic hydroxyl groups is 1. The summed E-state index contributed by atoms with van der Waals surface area (Å²) in [6, 6.07) is 0. The number of aliphatic hydroxyl groups excluding tert-OH is 1. The molecule has 0 bridgehead atoms. The number of carbonyl (C=O) groups excluding carboxylic acids is 2. The molecule has 5 nitrogen and oxygen atoms in total. The van der Waals surface area contributed by atoms with E-state index < -0.39 is 18.2 Å². The maximum Gasteiger partial charge on any atom is 0.334 e. The zero-order valence-electron chi connectivity index (χ0n) is 13.0. The molecule has 1 N–H and O–H groups in total. The lowest BCUT2D eigenvalue weighted by atomic mass is 9.54. The van der Waals surface area contributed by atoms with Crippen molar-refractivity contribution in [3.05, 3.63) is 24.3 Å². The van der Waals surface area contributed by atoms with Gasteiger partial charge >= 0.3 is 11.9 Å². The molecule has 0 amide bonds. The van der Waals surface area contributed by atoms with Crippen LogP contribution in [0.3, 0.4) is 0 Å². The van der Waals surface area contributed by atoms with Gasteiger partial charge in [0.25, 0.3) is 0 Å². The van der Waals surface area contributed by atoms with Crippen molar-refractivity contribution in [3.63, 3.8) is 0 Å². The number of hydrogen-bond acceptors (Lipinski definition) is 5. The Bertz CT molecular complexity index is 565. The quantitative estimate of drug-likeness (QED) is 0.454. The molecule has 5 heteroatoms. The molecule has 1 heterocycles. The standard InChI is InChI=1S/C17H22O5/c1-8-11-5-12-9(2)15(19)14(21-10(3)18)7-17(12,4)6-13(11)22-16(8)20/h11-15,19H,1-2,5-7H2,3-4H3. The molecule has 22 heavy (non-hydrogen) atoms. The van der Waals surface area contributed by atoms with Gasteiger partial charge in [0.05, 0.1) is 0 Å². The third kappa shape index (κ3) is 2.19. The lowest BCUT2D eigenvalue weighted by molar-refractivity contribution is -0.161. The summed E-state index contributed by atoms with van der Waals surface area (Å²) in [7, 11) is 0. The molecule has 3 fully saturated rings. The van der Waals surface area contributed by atoms with E-state index >= 15 is 0 Å². The van der Waals surface area contributed by atoms with E-state index in [9.17, 15) is 14.7 Å². The molecule has 0 aromatic rings. The molecule has 6 atom stereocenters. The van der Waals surface area contributed by atoms with Gasteiger partial charge in [-0.3, -0.25) is 4.79 Å². The number of rotatable bonds is 1. The van der Waals surface area contributed by atoms with Crippen LogP contribution in [0, 0.1) is 17.3 Å².